The van der Waals surface area contributed by atoms with Gasteiger partial charge in [-0.05, 0) is 59.7 Å². The summed E-state index contributed by atoms with van der Waals surface area (Å²) < 4.78 is 42.8. The van der Waals surface area contributed by atoms with Crippen LogP contribution in [0.15, 0.2) is 54.9 Å². The van der Waals surface area contributed by atoms with Crippen LogP contribution in [-0.4, -0.2) is 52.7 Å². The Morgan fingerprint density at radius 2 is 1.86 bits per heavy atom. The van der Waals surface area contributed by atoms with Crippen molar-refractivity contribution >= 4 is 46.8 Å². The van der Waals surface area contributed by atoms with Crippen LogP contribution in [0.4, 0.5) is 8.78 Å². The van der Waals surface area contributed by atoms with Crippen LogP contribution in [0.5, 0.6) is 11.5 Å². The number of nitrogens with zero attached hydrogens (tertiary/aromatic N) is 2. The first-order chi connectivity index (χ1) is 20.7. The van der Waals surface area contributed by atoms with E-state index >= 15 is 0 Å². The number of rotatable bonds is 12. The van der Waals surface area contributed by atoms with Crippen molar-refractivity contribution in [3.63, 3.8) is 0 Å². The van der Waals surface area contributed by atoms with Gasteiger partial charge in [0.2, 0.25) is 0 Å². The summed E-state index contributed by atoms with van der Waals surface area (Å²) in [5, 5.41) is -0.376. The number of alkyl halides is 2. The van der Waals surface area contributed by atoms with Crippen molar-refractivity contribution in [2.24, 2.45) is 11.7 Å². The topological polar surface area (TPSA) is 104 Å². The Labute approximate surface area is 261 Å². The van der Waals surface area contributed by atoms with E-state index in [-0.39, 0.29) is 40.4 Å². The van der Waals surface area contributed by atoms with Gasteiger partial charge in [0.15, 0.2) is 16.9 Å². The number of hydrogen-bond donors (Lipinski definition) is 1. The molecule has 2 aliphatic rings. The number of carbonyl (C=O) groups is 2. The molecule has 0 bridgehead atoms. The van der Waals surface area contributed by atoms with Crippen LogP contribution in [-0.2, 0) is 22.5 Å². The lowest BCUT2D eigenvalue weighted by Gasteiger charge is -2.26. The highest BCUT2D eigenvalue weighted by atomic mass is 35.5. The van der Waals surface area contributed by atoms with Crippen LogP contribution in [0.25, 0.3) is 0 Å². The fourth-order valence-corrected chi connectivity index (χ4v) is 6.26. The summed E-state index contributed by atoms with van der Waals surface area (Å²) in [5.41, 5.74) is 7.88. The van der Waals surface area contributed by atoms with Gasteiger partial charge in [-0.3, -0.25) is 9.78 Å². The lowest BCUT2D eigenvalue weighted by molar-refractivity contribution is -0.151. The van der Waals surface area contributed by atoms with Gasteiger partial charge in [0.05, 0.1) is 16.7 Å². The third-order valence-electron chi connectivity index (χ3n) is 7.09. The van der Waals surface area contributed by atoms with E-state index in [1.807, 2.05) is 6.07 Å². The first-order valence-electron chi connectivity index (χ1n) is 13.6. The molecule has 13 heteroatoms. The minimum atomic E-state index is -3.05. The second kappa shape index (κ2) is 14.1. The second-order valence-corrected chi connectivity index (χ2v) is 12.2. The molecule has 1 aliphatic heterocycles. The molecule has 2 unspecified atom stereocenters. The van der Waals surface area contributed by atoms with Gasteiger partial charge in [0, 0.05) is 43.2 Å². The fraction of sp³-hybridized carbons (Fsp3) is 0.367. The molecule has 3 aromatic rings. The zero-order chi connectivity index (χ0) is 30.5. The number of hydrogen-bond acceptors (Lipinski definition) is 8. The number of halogens is 4. The van der Waals surface area contributed by atoms with Crippen LogP contribution in [0.3, 0.4) is 0 Å². The van der Waals surface area contributed by atoms with Gasteiger partial charge in [-0.1, -0.05) is 41.4 Å². The van der Waals surface area contributed by atoms with E-state index in [1.54, 1.807) is 18.2 Å². The minimum Gasteiger partial charge on any atom is -0.489 e. The van der Waals surface area contributed by atoms with Crippen LogP contribution in [0, 0.1) is 5.92 Å². The summed E-state index contributed by atoms with van der Waals surface area (Å²) in [7, 11) is 0. The van der Waals surface area contributed by atoms with E-state index in [4.69, 9.17) is 38.4 Å². The molecule has 2 N–H and O–H groups in total. The highest BCUT2D eigenvalue weighted by Gasteiger charge is 2.38. The quantitative estimate of drug-likeness (QED) is 0.228. The maximum atomic E-state index is 13.7. The predicted molar refractivity (Wildman–Crippen MR) is 160 cm³/mol. The molecule has 0 radical (unpaired) electrons. The number of benzene rings is 2. The van der Waals surface area contributed by atoms with Gasteiger partial charge in [-0.2, -0.15) is 8.78 Å². The Morgan fingerprint density at radius 1 is 1.09 bits per heavy atom. The van der Waals surface area contributed by atoms with E-state index in [0.717, 1.165) is 18.4 Å². The SMILES string of the molecule is NCc1cccc(C(=O)N2CCSC2C(=O)OC(Cc2c(Cl)cncc2Cl)c2ccc(OC(F)F)c(OCC3CC3)c2)c1. The van der Waals surface area contributed by atoms with E-state index in [1.165, 1.54) is 47.3 Å². The monoisotopic (exact) mass is 651 g/mol. The molecular formula is C30H29Cl2F2N3O5S. The Bertz CT molecular complexity index is 1460. The van der Waals surface area contributed by atoms with Gasteiger partial charge >= 0.3 is 12.6 Å². The van der Waals surface area contributed by atoms with Crippen LogP contribution < -0.4 is 15.2 Å². The standard InChI is InChI=1S/C30H29Cl2F2N3O5S/c31-22-14-36-15-23(32)21(22)12-25(19-6-7-24(42-30(33)34)26(11-19)40-16-17-4-5-17)41-29(39)28-37(8-9-43-28)27(38)20-3-1-2-18(10-20)13-35/h1-3,6-7,10-11,14-15,17,25,28,30H,4-5,8-9,12-13,16,35H2. The summed E-state index contributed by atoms with van der Waals surface area (Å²) in [5.74, 6) is -0.113. The highest BCUT2D eigenvalue weighted by Crippen LogP contribution is 2.39. The maximum Gasteiger partial charge on any atom is 0.387 e. The average molecular weight is 653 g/mol. The van der Waals surface area contributed by atoms with Crippen molar-refractivity contribution in [3.8, 4) is 11.5 Å². The summed E-state index contributed by atoms with van der Waals surface area (Å²) in [6.07, 6.45) is 3.92. The molecule has 228 valence electrons. The molecule has 0 spiro atoms. The van der Waals surface area contributed by atoms with Crippen molar-refractivity contribution in [2.75, 3.05) is 18.9 Å². The molecular weight excluding hydrogens is 623 g/mol. The van der Waals surface area contributed by atoms with Gasteiger partial charge in [-0.25, -0.2) is 4.79 Å². The van der Waals surface area contributed by atoms with Crippen molar-refractivity contribution < 1.29 is 32.6 Å². The number of ether oxygens (including phenoxy) is 3. The van der Waals surface area contributed by atoms with Gasteiger partial charge in [-0.15, -0.1) is 11.8 Å². The Hall–Kier alpha value is -3.12. The molecule has 1 aromatic heterocycles. The number of thioether (sulfide) groups is 1. The first-order valence-corrected chi connectivity index (χ1v) is 15.5. The van der Waals surface area contributed by atoms with Gasteiger partial charge < -0.3 is 24.8 Å². The Kier molecular flexibility index (Phi) is 10.3. The van der Waals surface area contributed by atoms with E-state index in [0.29, 0.717) is 41.5 Å². The fourth-order valence-electron chi connectivity index (χ4n) is 4.64. The third kappa shape index (κ3) is 7.89. The Balaban J connectivity index is 1.43. The number of amides is 1. The van der Waals surface area contributed by atoms with Crippen molar-refractivity contribution in [1.29, 1.82) is 0 Å². The number of esters is 1. The van der Waals surface area contributed by atoms with E-state index in [2.05, 4.69) is 9.72 Å². The highest BCUT2D eigenvalue weighted by molar-refractivity contribution is 8.00. The van der Waals surface area contributed by atoms with Crippen LogP contribution in [0.1, 0.15) is 46.0 Å². The normalized spacial score (nSPS) is 17.2. The summed E-state index contributed by atoms with van der Waals surface area (Å²) in [6.45, 7) is -2.08. The second-order valence-electron chi connectivity index (χ2n) is 10.2. The van der Waals surface area contributed by atoms with E-state index in [9.17, 15) is 18.4 Å². The Morgan fingerprint density at radius 3 is 2.56 bits per heavy atom. The molecule has 1 saturated carbocycles. The third-order valence-corrected chi connectivity index (χ3v) is 8.92. The number of nitrogens with two attached hydrogens (primary N) is 1. The molecule has 8 nitrogen and oxygen atoms in total. The van der Waals surface area contributed by atoms with Gasteiger partial charge in [0.1, 0.15) is 6.10 Å². The van der Waals surface area contributed by atoms with Gasteiger partial charge in [0.25, 0.3) is 5.91 Å². The maximum absolute atomic E-state index is 13.7. The average Bonchev–Trinajstić information content (AvgIpc) is 3.70. The zero-order valence-corrected chi connectivity index (χ0v) is 25.2. The summed E-state index contributed by atoms with van der Waals surface area (Å²) >= 11 is 14.1. The summed E-state index contributed by atoms with van der Waals surface area (Å²) in [6, 6.07) is 11.3. The van der Waals surface area contributed by atoms with Crippen molar-refractivity contribution in [3.05, 3.63) is 87.2 Å². The predicted octanol–water partition coefficient (Wildman–Crippen LogP) is 6.28. The summed E-state index contributed by atoms with van der Waals surface area (Å²) in [4.78, 5) is 32.5. The molecule has 1 saturated heterocycles. The molecule has 1 amide bonds. The smallest absolute Gasteiger partial charge is 0.387 e. The molecule has 2 atom stereocenters. The molecule has 2 fully saturated rings. The largest absolute Gasteiger partial charge is 0.489 e. The lowest BCUT2D eigenvalue weighted by Crippen LogP contribution is -2.40. The number of aromatic nitrogens is 1. The minimum absolute atomic E-state index is 0.0485. The van der Waals surface area contributed by atoms with Crippen molar-refractivity contribution in [2.45, 2.75) is 43.9 Å². The number of pyridine rings is 1. The van der Waals surface area contributed by atoms with Crippen LogP contribution in [0.2, 0.25) is 10.0 Å². The van der Waals surface area contributed by atoms with Crippen molar-refractivity contribution in [1.82, 2.24) is 9.88 Å². The molecule has 2 heterocycles. The van der Waals surface area contributed by atoms with E-state index < -0.39 is 24.1 Å². The molecule has 1 aliphatic carbocycles. The molecule has 43 heavy (non-hydrogen) atoms. The molecule has 2 aromatic carbocycles. The number of carbonyl (C=O) groups excluding carboxylic acids is 2. The molecule has 5 rings (SSSR count). The van der Waals surface area contributed by atoms with Crippen LogP contribution >= 0.6 is 35.0 Å². The first kappa shape index (κ1) is 31.3. The lowest BCUT2D eigenvalue weighted by atomic mass is 10.0. The zero-order valence-electron chi connectivity index (χ0n) is 22.9.